The van der Waals surface area contributed by atoms with Crippen LogP contribution >= 0.6 is 0 Å². The topological polar surface area (TPSA) is 54.0 Å². The number of unbranched alkanes of at least 4 members (excludes halogenated alkanes) is 2. The lowest BCUT2D eigenvalue weighted by atomic mass is 10.1. The lowest BCUT2D eigenvalue weighted by Crippen LogP contribution is -2.26. The summed E-state index contributed by atoms with van der Waals surface area (Å²) in [4.78, 5) is 16.1. The summed E-state index contributed by atoms with van der Waals surface area (Å²) in [7, 11) is 0. The number of rotatable bonds is 9. The monoisotopic (exact) mass is 277 g/mol. The van der Waals surface area contributed by atoms with Gasteiger partial charge in [0.15, 0.2) is 0 Å². The molecule has 1 amide bonds. The Hall–Kier alpha value is -1.58. The second-order valence-corrected chi connectivity index (χ2v) is 5.50. The Morgan fingerprint density at radius 1 is 1.30 bits per heavy atom. The molecule has 0 radical (unpaired) electrons. The van der Waals surface area contributed by atoms with Gasteiger partial charge in [0.05, 0.1) is 0 Å². The van der Waals surface area contributed by atoms with Crippen LogP contribution in [0.2, 0.25) is 0 Å². The first-order valence-corrected chi connectivity index (χ1v) is 7.61. The number of amides is 1. The Labute approximate surface area is 122 Å². The molecule has 0 fully saturated rings. The molecule has 0 atom stereocenters. The van der Waals surface area contributed by atoms with E-state index in [-0.39, 0.29) is 5.91 Å². The third-order valence-corrected chi connectivity index (χ3v) is 3.11. The zero-order chi connectivity index (χ0) is 14.8. The molecule has 0 aromatic carbocycles. The summed E-state index contributed by atoms with van der Waals surface area (Å²) in [5, 5.41) is 6.23. The summed E-state index contributed by atoms with van der Waals surface area (Å²) in [5.74, 6) is 0.498. The highest BCUT2D eigenvalue weighted by atomic mass is 16.1. The number of carbonyl (C=O) groups is 1. The van der Waals surface area contributed by atoms with Gasteiger partial charge in [0.25, 0.3) is 5.91 Å². The maximum absolute atomic E-state index is 12.0. The van der Waals surface area contributed by atoms with Gasteiger partial charge in [0, 0.05) is 25.0 Å². The van der Waals surface area contributed by atoms with Crippen LogP contribution < -0.4 is 10.6 Å². The minimum Gasteiger partial charge on any atom is -0.385 e. The highest BCUT2D eigenvalue weighted by Gasteiger charge is 2.07. The van der Waals surface area contributed by atoms with Crippen LogP contribution in [-0.4, -0.2) is 24.0 Å². The average molecular weight is 277 g/mol. The zero-order valence-corrected chi connectivity index (χ0v) is 12.9. The molecule has 1 aromatic heterocycles. The predicted molar refractivity (Wildman–Crippen MR) is 84.0 cm³/mol. The van der Waals surface area contributed by atoms with Gasteiger partial charge in [-0.2, -0.15) is 0 Å². The summed E-state index contributed by atoms with van der Waals surface area (Å²) >= 11 is 0. The van der Waals surface area contributed by atoms with Crippen LogP contribution in [-0.2, 0) is 0 Å². The van der Waals surface area contributed by atoms with Crippen LogP contribution in [0.4, 0.5) is 5.69 Å². The highest BCUT2D eigenvalue weighted by molar-refractivity contribution is 5.93. The molecule has 0 saturated carbocycles. The fourth-order valence-electron chi connectivity index (χ4n) is 1.84. The molecule has 0 unspecified atom stereocenters. The Kier molecular flexibility index (Phi) is 7.70. The van der Waals surface area contributed by atoms with Crippen LogP contribution in [0.5, 0.6) is 0 Å². The number of pyridine rings is 1. The molecule has 4 nitrogen and oxygen atoms in total. The van der Waals surface area contributed by atoms with Crippen LogP contribution in [0, 0.1) is 5.92 Å². The van der Waals surface area contributed by atoms with E-state index >= 15 is 0 Å². The van der Waals surface area contributed by atoms with Crippen LogP contribution in [0.1, 0.15) is 56.9 Å². The number of hydrogen-bond acceptors (Lipinski definition) is 3. The van der Waals surface area contributed by atoms with Gasteiger partial charge in [-0.15, -0.1) is 0 Å². The molecule has 0 saturated heterocycles. The number of anilines is 1. The molecular formula is C16H27N3O. The molecule has 0 aliphatic rings. The molecule has 4 heteroatoms. The third-order valence-electron chi connectivity index (χ3n) is 3.11. The van der Waals surface area contributed by atoms with Gasteiger partial charge in [-0.3, -0.25) is 9.78 Å². The molecule has 1 aromatic rings. The molecule has 0 bridgehead atoms. The number of nitrogens with one attached hydrogen (secondary N) is 2. The molecule has 20 heavy (non-hydrogen) atoms. The van der Waals surface area contributed by atoms with Crippen LogP contribution in [0.25, 0.3) is 0 Å². The van der Waals surface area contributed by atoms with E-state index in [1.807, 2.05) is 12.1 Å². The number of hydrogen-bond donors (Lipinski definition) is 2. The first-order chi connectivity index (χ1) is 9.63. The summed E-state index contributed by atoms with van der Waals surface area (Å²) in [5.41, 5.74) is 1.44. The standard InChI is InChI=1S/C16H27N3O/c1-4-5-6-9-17-14-8-11-18-15(12-14)16(20)19-10-7-13(2)3/h8,11-13H,4-7,9-10H2,1-3H3,(H,17,18)(H,19,20). The van der Waals surface area contributed by atoms with Crippen molar-refractivity contribution in [2.75, 3.05) is 18.4 Å². The molecule has 1 heterocycles. The van der Waals surface area contributed by atoms with Gasteiger partial charge in [0.1, 0.15) is 5.69 Å². The van der Waals surface area contributed by atoms with Gasteiger partial charge in [0.2, 0.25) is 0 Å². The zero-order valence-electron chi connectivity index (χ0n) is 12.9. The molecule has 2 N–H and O–H groups in total. The smallest absolute Gasteiger partial charge is 0.269 e. The Morgan fingerprint density at radius 2 is 2.10 bits per heavy atom. The molecule has 112 valence electrons. The van der Waals surface area contributed by atoms with E-state index in [1.165, 1.54) is 12.8 Å². The van der Waals surface area contributed by atoms with E-state index < -0.39 is 0 Å². The Bertz CT molecular complexity index is 404. The van der Waals surface area contributed by atoms with E-state index in [0.717, 1.165) is 25.1 Å². The van der Waals surface area contributed by atoms with E-state index in [0.29, 0.717) is 18.2 Å². The van der Waals surface area contributed by atoms with Gasteiger partial charge in [-0.05, 0) is 30.9 Å². The Morgan fingerprint density at radius 3 is 2.80 bits per heavy atom. The van der Waals surface area contributed by atoms with Crippen molar-refractivity contribution in [2.24, 2.45) is 5.92 Å². The first-order valence-electron chi connectivity index (χ1n) is 7.61. The quantitative estimate of drug-likeness (QED) is 0.680. The SMILES string of the molecule is CCCCCNc1ccnc(C(=O)NCCC(C)C)c1. The second-order valence-electron chi connectivity index (χ2n) is 5.50. The van der Waals surface area contributed by atoms with Crippen molar-refractivity contribution in [1.29, 1.82) is 0 Å². The van der Waals surface area contributed by atoms with Crippen molar-refractivity contribution in [3.63, 3.8) is 0 Å². The van der Waals surface area contributed by atoms with Gasteiger partial charge in [-0.1, -0.05) is 33.6 Å². The van der Waals surface area contributed by atoms with E-state index in [1.54, 1.807) is 6.20 Å². The summed E-state index contributed by atoms with van der Waals surface area (Å²) in [6, 6.07) is 3.72. The second kappa shape index (κ2) is 9.34. The highest BCUT2D eigenvalue weighted by Crippen LogP contribution is 2.08. The van der Waals surface area contributed by atoms with Crippen molar-refractivity contribution in [1.82, 2.24) is 10.3 Å². The molecule has 1 rings (SSSR count). The van der Waals surface area contributed by atoms with Crippen molar-refractivity contribution in [3.8, 4) is 0 Å². The third kappa shape index (κ3) is 6.55. The number of carbonyl (C=O) groups excluding carboxylic acids is 1. The first kappa shape index (κ1) is 16.5. The minimum atomic E-state index is -0.0946. The minimum absolute atomic E-state index is 0.0946. The average Bonchev–Trinajstić information content (AvgIpc) is 2.43. The number of nitrogens with zero attached hydrogens (tertiary/aromatic N) is 1. The van der Waals surface area contributed by atoms with E-state index in [4.69, 9.17) is 0 Å². The molecular weight excluding hydrogens is 250 g/mol. The lowest BCUT2D eigenvalue weighted by Gasteiger charge is -2.09. The van der Waals surface area contributed by atoms with Gasteiger partial charge >= 0.3 is 0 Å². The normalized spacial score (nSPS) is 10.6. The summed E-state index contributed by atoms with van der Waals surface area (Å²) < 4.78 is 0. The van der Waals surface area contributed by atoms with Gasteiger partial charge < -0.3 is 10.6 Å². The fourth-order valence-corrected chi connectivity index (χ4v) is 1.84. The van der Waals surface area contributed by atoms with Crippen molar-refractivity contribution < 1.29 is 4.79 Å². The number of aromatic nitrogens is 1. The van der Waals surface area contributed by atoms with Crippen molar-refractivity contribution in [2.45, 2.75) is 46.5 Å². The maximum atomic E-state index is 12.0. The van der Waals surface area contributed by atoms with E-state index in [9.17, 15) is 4.79 Å². The van der Waals surface area contributed by atoms with Crippen molar-refractivity contribution >= 4 is 11.6 Å². The lowest BCUT2D eigenvalue weighted by molar-refractivity contribution is 0.0947. The van der Waals surface area contributed by atoms with Crippen LogP contribution in [0.15, 0.2) is 18.3 Å². The van der Waals surface area contributed by atoms with Crippen LogP contribution in [0.3, 0.4) is 0 Å². The van der Waals surface area contributed by atoms with Crippen molar-refractivity contribution in [3.05, 3.63) is 24.0 Å². The molecule has 0 spiro atoms. The predicted octanol–water partition coefficient (Wildman–Crippen LogP) is 3.46. The maximum Gasteiger partial charge on any atom is 0.269 e. The largest absolute Gasteiger partial charge is 0.385 e. The van der Waals surface area contributed by atoms with Gasteiger partial charge in [-0.25, -0.2) is 0 Å². The van der Waals surface area contributed by atoms with E-state index in [2.05, 4.69) is 36.4 Å². The molecule has 0 aliphatic heterocycles. The molecule has 0 aliphatic carbocycles. The Balaban J connectivity index is 2.43. The summed E-state index contributed by atoms with van der Waals surface area (Å²) in [6.07, 6.45) is 6.25. The summed E-state index contributed by atoms with van der Waals surface area (Å²) in [6.45, 7) is 8.11. The fraction of sp³-hybridized carbons (Fsp3) is 0.625.